The van der Waals surface area contributed by atoms with E-state index >= 15 is 0 Å². The molecule has 7 nitrogen and oxygen atoms in total. The van der Waals surface area contributed by atoms with E-state index in [2.05, 4.69) is 42.5 Å². The first-order valence-corrected chi connectivity index (χ1v) is 15.4. The lowest BCUT2D eigenvalue weighted by Crippen LogP contribution is -2.31. The van der Waals surface area contributed by atoms with E-state index in [1.807, 2.05) is 0 Å². The SMILES string of the molecule is O=C(Nc1cccc(SC2CC(=O)N(c3ccc(Br)cc3)C2=O)c1)C(=Cc1ccc(Br)cc1)NC(=O)c1ccccc1F. The van der Waals surface area contributed by atoms with Crippen LogP contribution in [0.5, 0.6) is 0 Å². The van der Waals surface area contributed by atoms with Gasteiger partial charge in [0.05, 0.1) is 16.5 Å². The van der Waals surface area contributed by atoms with E-state index in [9.17, 15) is 23.6 Å². The van der Waals surface area contributed by atoms with Crippen LogP contribution in [-0.2, 0) is 14.4 Å². The first kappa shape index (κ1) is 30.4. The molecule has 1 heterocycles. The number of carbonyl (C=O) groups is 4. The van der Waals surface area contributed by atoms with Gasteiger partial charge in [0.1, 0.15) is 11.5 Å². The van der Waals surface area contributed by atoms with Gasteiger partial charge >= 0.3 is 0 Å². The van der Waals surface area contributed by atoms with Crippen LogP contribution in [0.3, 0.4) is 0 Å². The summed E-state index contributed by atoms with van der Waals surface area (Å²) in [5.41, 5.74) is 1.23. The molecule has 0 aromatic heterocycles. The van der Waals surface area contributed by atoms with Crippen LogP contribution in [-0.4, -0.2) is 28.9 Å². The van der Waals surface area contributed by atoms with Crippen molar-refractivity contribution in [2.75, 3.05) is 10.2 Å². The molecule has 0 bridgehead atoms. The molecule has 1 unspecified atom stereocenters. The molecule has 0 spiro atoms. The number of amides is 4. The summed E-state index contributed by atoms with van der Waals surface area (Å²) in [5, 5.41) is 4.66. The molecule has 4 aromatic rings. The topological polar surface area (TPSA) is 95.6 Å². The Morgan fingerprint density at radius 2 is 1.56 bits per heavy atom. The van der Waals surface area contributed by atoms with Gasteiger partial charge in [0.2, 0.25) is 11.8 Å². The van der Waals surface area contributed by atoms with Crippen molar-refractivity contribution in [3.05, 3.63) is 129 Å². The number of nitrogens with one attached hydrogen (secondary N) is 2. The van der Waals surface area contributed by atoms with Gasteiger partial charge in [0.15, 0.2) is 0 Å². The Morgan fingerprint density at radius 1 is 0.884 bits per heavy atom. The summed E-state index contributed by atoms with van der Waals surface area (Å²) >= 11 is 7.95. The molecule has 216 valence electrons. The van der Waals surface area contributed by atoms with Crippen molar-refractivity contribution in [3.63, 3.8) is 0 Å². The van der Waals surface area contributed by atoms with Gasteiger partial charge in [0, 0.05) is 25.9 Å². The molecule has 1 aliphatic rings. The Hall–Kier alpha value is -4.06. The van der Waals surface area contributed by atoms with E-state index in [0.717, 1.165) is 15.0 Å². The van der Waals surface area contributed by atoms with Gasteiger partial charge in [-0.1, -0.05) is 62.2 Å². The number of hydrogen-bond donors (Lipinski definition) is 2. The van der Waals surface area contributed by atoms with E-state index in [4.69, 9.17) is 0 Å². The van der Waals surface area contributed by atoms with Gasteiger partial charge in [-0.05, 0) is 78.4 Å². The predicted molar refractivity (Wildman–Crippen MR) is 172 cm³/mol. The molecule has 1 fully saturated rings. The van der Waals surface area contributed by atoms with Crippen molar-refractivity contribution < 1.29 is 23.6 Å². The van der Waals surface area contributed by atoms with Crippen molar-refractivity contribution in [2.24, 2.45) is 0 Å². The third-order valence-electron chi connectivity index (χ3n) is 6.35. The smallest absolute Gasteiger partial charge is 0.272 e. The molecule has 1 saturated heterocycles. The summed E-state index contributed by atoms with van der Waals surface area (Å²) in [5.74, 6) is -2.74. The maximum absolute atomic E-state index is 14.3. The highest BCUT2D eigenvalue weighted by atomic mass is 79.9. The summed E-state index contributed by atoms with van der Waals surface area (Å²) in [4.78, 5) is 53.9. The highest BCUT2D eigenvalue weighted by Crippen LogP contribution is 2.35. The summed E-state index contributed by atoms with van der Waals surface area (Å²) in [7, 11) is 0. The average Bonchev–Trinajstić information content (AvgIpc) is 3.26. The van der Waals surface area contributed by atoms with Crippen LogP contribution in [0, 0.1) is 5.82 Å². The Balaban J connectivity index is 1.33. The summed E-state index contributed by atoms with van der Waals surface area (Å²) in [6.07, 6.45) is 1.52. The van der Waals surface area contributed by atoms with Gasteiger partial charge in [-0.3, -0.25) is 19.2 Å². The third kappa shape index (κ3) is 7.48. The Morgan fingerprint density at radius 3 is 2.26 bits per heavy atom. The number of anilines is 2. The van der Waals surface area contributed by atoms with Gasteiger partial charge in [-0.15, -0.1) is 11.8 Å². The maximum Gasteiger partial charge on any atom is 0.272 e. The monoisotopic (exact) mass is 721 g/mol. The summed E-state index contributed by atoms with van der Waals surface area (Å²) < 4.78 is 15.9. The normalized spacial score (nSPS) is 15.0. The first-order valence-electron chi connectivity index (χ1n) is 12.9. The van der Waals surface area contributed by atoms with E-state index < -0.39 is 22.9 Å². The number of halogens is 3. The van der Waals surface area contributed by atoms with Crippen molar-refractivity contribution >= 4 is 84.7 Å². The fourth-order valence-corrected chi connectivity index (χ4v) is 5.93. The molecule has 0 radical (unpaired) electrons. The van der Waals surface area contributed by atoms with Crippen molar-refractivity contribution in [1.29, 1.82) is 0 Å². The van der Waals surface area contributed by atoms with Crippen molar-refractivity contribution in [1.82, 2.24) is 5.32 Å². The molecule has 1 atom stereocenters. The van der Waals surface area contributed by atoms with Crippen molar-refractivity contribution in [3.8, 4) is 0 Å². The quantitative estimate of drug-likeness (QED) is 0.148. The lowest BCUT2D eigenvalue weighted by atomic mass is 10.1. The zero-order chi connectivity index (χ0) is 30.5. The average molecular weight is 723 g/mol. The largest absolute Gasteiger partial charge is 0.321 e. The zero-order valence-corrected chi connectivity index (χ0v) is 26.2. The molecule has 2 N–H and O–H groups in total. The van der Waals surface area contributed by atoms with Crippen LogP contribution < -0.4 is 15.5 Å². The minimum absolute atomic E-state index is 0.0400. The number of rotatable bonds is 8. The summed E-state index contributed by atoms with van der Waals surface area (Å²) in [6.45, 7) is 0. The number of carbonyl (C=O) groups excluding carboxylic acids is 4. The molecule has 5 rings (SSSR count). The highest BCUT2D eigenvalue weighted by molar-refractivity contribution is 9.10. The molecule has 11 heteroatoms. The van der Waals surface area contributed by atoms with Crippen LogP contribution in [0.2, 0.25) is 0 Å². The zero-order valence-electron chi connectivity index (χ0n) is 22.2. The van der Waals surface area contributed by atoms with E-state index in [0.29, 0.717) is 21.8 Å². The predicted octanol–water partition coefficient (Wildman–Crippen LogP) is 7.18. The molecule has 4 amide bonds. The van der Waals surface area contributed by atoms with Crippen molar-refractivity contribution in [2.45, 2.75) is 16.6 Å². The highest BCUT2D eigenvalue weighted by Gasteiger charge is 2.40. The number of hydrogen-bond acceptors (Lipinski definition) is 5. The minimum atomic E-state index is -0.777. The third-order valence-corrected chi connectivity index (χ3v) is 8.59. The molecular weight excluding hydrogens is 701 g/mol. The second-order valence-electron chi connectivity index (χ2n) is 9.38. The van der Waals surface area contributed by atoms with Gasteiger partial charge in [0.25, 0.3) is 11.8 Å². The molecule has 4 aromatic carbocycles. The first-order chi connectivity index (χ1) is 20.7. The maximum atomic E-state index is 14.3. The molecule has 1 aliphatic heterocycles. The van der Waals surface area contributed by atoms with Crippen LogP contribution in [0.1, 0.15) is 22.3 Å². The molecule has 0 saturated carbocycles. The van der Waals surface area contributed by atoms with Crippen LogP contribution in [0.4, 0.5) is 15.8 Å². The van der Waals surface area contributed by atoms with Gasteiger partial charge in [-0.25, -0.2) is 9.29 Å². The number of imide groups is 1. The second-order valence-corrected chi connectivity index (χ2v) is 12.5. The Labute approximate surface area is 267 Å². The summed E-state index contributed by atoms with van der Waals surface area (Å²) in [6, 6.07) is 26.3. The van der Waals surface area contributed by atoms with E-state index in [1.54, 1.807) is 72.8 Å². The Bertz CT molecular complexity index is 1750. The van der Waals surface area contributed by atoms with Crippen LogP contribution >= 0.6 is 43.6 Å². The van der Waals surface area contributed by atoms with E-state index in [-0.39, 0.29) is 29.5 Å². The molecule has 43 heavy (non-hydrogen) atoms. The van der Waals surface area contributed by atoms with E-state index in [1.165, 1.54) is 40.9 Å². The van der Waals surface area contributed by atoms with Gasteiger partial charge < -0.3 is 10.6 Å². The fourth-order valence-electron chi connectivity index (χ4n) is 4.29. The minimum Gasteiger partial charge on any atom is -0.321 e. The number of thioether (sulfide) groups is 1. The molecule has 0 aliphatic carbocycles. The second kappa shape index (κ2) is 13.5. The number of benzene rings is 4. The molecular formula is C32H22Br2FN3O4S. The van der Waals surface area contributed by atoms with Gasteiger partial charge in [-0.2, -0.15) is 0 Å². The standard InChI is InChI=1S/C32H22Br2FN3O4S/c33-20-10-8-19(9-11-20)16-27(37-30(40)25-6-1-2-7-26(25)35)31(41)36-22-4-3-5-24(17-22)43-28-18-29(39)38(32(28)42)23-14-12-21(34)13-15-23/h1-17,28H,18H2,(H,36,41)(H,37,40). The lowest BCUT2D eigenvalue weighted by Gasteiger charge is -2.15. The van der Waals surface area contributed by atoms with Crippen LogP contribution in [0.25, 0.3) is 6.08 Å². The number of nitrogens with zero attached hydrogens (tertiary/aromatic N) is 1. The fraction of sp³-hybridized carbons (Fsp3) is 0.0625. The lowest BCUT2D eigenvalue weighted by molar-refractivity contribution is -0.121. The Kier molecular flexibility index (Phi) is 9.54. The van der Waals surface area contributed by atoms with Crippen LogP contribution in [0.15, 0.2) is 117 Å².